The van der Waals surface area contributed by atoms with Crippen molar-refractivity contribution in [3.8, 4) is 22.8 Å². The van der Waals surface area contributed by atoms with Gasteiger partial charge in [-0.15, -0.1) is 0 Å². The molecule has 9 nitrogen and oxygen atoms in total. The molecule has 0 unspecified atom stereocenters. The van der Waals surface area contributed by atoms with Gasteiger partial charge in [0.05, 0.1) is 28.5 Å². The number of nitrogens with zero attached hydrogens (tertiary/aromatic N) is 5. The van der Waals surface area contributed by atoms with E-state index in [1.165, 1.54) is 4.57 Å². The lowest BCUT2D eigenvalue weighted by Crippen LogP contribution is -2.36. The lowest BCUT2D eigenvalue weighted by Gasteiger charge is -2.33. The average Bonchev–Trinajstić information content (AvgIpc) is 2.91. The molecule has 0 spiro atoms. The van der Waals surface area contributed by atoms with Gasteiger partial charge in [-0.1, -0.05) is 18.5 Å². The molecular weight excluding hydrogens is 576 g/mol. The Morgan fingerprint density at radius 3 is 2.54 bits per heavy atom. The largest absolute Gasteiger partial charge is 0.485 e. The maximum Gasteiger partial charge on any atom is 0.277 e. The van der Waals surface area contributed by atoms with Crippen LogP contribution in [0.1, 0.15) is 48.5 Å². The Bertz CT molecular complexity index is 1810. The van der Waals surface area contributed by atoms with Gasteiger partial charge in [0.25, 0.3) is 5.56 Å². The van der Waals surface area contributed by atoms with Gasteiger partial charge in [-0.3, -0.25) is 19.3 Å². The van der Waals surface area contributed by atoms with E-state index in [1.807, 2.05) is 0 Å². The van der Waals surface area contributed by atoms with Gasteiger partial charge in [0.1, 0.15) is 34.7 Å². The van der Waals surface area contributed by atoms with Crippen LogP contribution in [-0.2, 0) is 16.4 Å². The summed E-state index contributed by atoms with van der Waals surface area (Å²) in [5, 5.41) is -0.590. The first-order valence-corrected chi connectivity index (χ1v) is 14.9. The Balaban J connectivity index is 1.42. The van der Waals surface area contributed by atoms with E-state index in [0.29, 0.717) is 53.1 Å². The van der Waals surface area contributed by atoms with Crippen LogP contribution >= 0.6 is 11.6 Å². The number of sulfone groups is 1. The molecule has 0 radical (unpaired) electrons. The number of aromatic nitrogens is 5. The first kappa shape index (κ1) is 28.7. The van der Waals surface area contributed by atoms with E-state index in [2.05, 4.69) is 19.9 Å². The second kappa shape index (κ2) is 11.2. The van der Waals surface area contributed by atoms with E-state index in [-0.39, 0.29) is 40.0 Å². The van der Waals surface area contributed by atoms with Crippen LogP contribution in [0.25, 0.3) is 17.1 Å². The number of hydrogen-bond donors (Lipinski definition) is 0. The van der Waals surface area contributed by atoms with Crippen LogP contribution in [0.5, 0.6) is 5.75 Å². The molecule has 1 aliphatic rings. The fraction of sp³-hybridized carbons (Fsp3) is 0.321. The molecule has 0 saturated heterocycles. The normalized spacial score (nSPS) is 16.8. The SMILES string of the molecule is CCS(=O)(=O)C1CC(c2nccc(-c3cc(-n4c(C)cc(OCc5ncc(F)cc5F)c(Cl)c4=O)c(C)cn3)n2)C1. The second-order valence-electron chi connectivity index (χ2n) is 9.87. The molecule has 5 rings (SSSR count). The van der Waals surface area contributed by atoms with Gasteiger partial charge in [0, 0.05) is 41.9 Å². The molecule has 0 aromatic carbocycles. The molecular formula is C28H26ClF2N5O4S. The summed E-state index contributed by atoms with van der Waals surface area (Å²) < 4.78 is 58.4. The molecule has 4 heterocycles. The molecule has 0 aliphatic heterocycles. The molecule has 4 aromatic rings. The molecule has 1 fully saturated rings. The summed E-state index contributed by atoms with van der Waals surface area (Å²) in [5.41, 5.74) is 2.04. The predicted octanol–water partition coefficient (Wildman–Crippen LogP) is 4.89. The maximum atomic E-state index is 14.0. The van der Waals surface area contributed by atoms with Gasteiger partial charge in [0.2, 0.25) is 0 Å². The quantitative estimate of drug-likeness (QED) is 0.280. The molecule has 0 bridgehead atoms. The summed E-state index contributed by atoms with van der Waals surface area (Å²) in [6.07, 6.45) is 5.07. The topological polar surface area (TPSA) is 117 Å². The van der Waals surface area contributed by atoms with E-state index in [4.69, 9.17) is 16.3 Å². The van der Waals surface area contributed by atoms with Crippen molar-refractivity contribution in [2.45, 2.75) is 51.4 Å². The highest BCUT2D eigenvalue weighted by Gasteiger charge is 2.39. The van der Waals surface area contributed by atoms with E-state index in [1.54, 1.807) is 51.4 Å². The van der Waals surface area contributed by atoms with E-state index in [0.717, 1.165) is 6.20 Å². The predicted molar refractivity (Wildman–Crippen MR) is 149 cm³/mol. The van der Waals surface area contributed by atoms with Crippen molar-refractivity contribution in [2.24, 2.45) is 0 Å². The Morgan fingerprint density at radius 2 is 1.83 bits per heavy atom. The molecule has 0 atom stereocenters. The third kappa shape index (κ3) is 5.71. The highest BCUT2D eigenvalue weighted by atomic mass is 35.5. The van der Waals surface area contributed by atoms with Crippen molar-refractivity contribution in [2.75, 3.05) is 5.75 Å². The van der Waals surface area contributed by atoms with Crippen LogP contribution < -0.4 is 10.3 Å². The summed E-state index contributed by atoms with van der Waals surface area (Å²) in [6.45, 7) is 4.79. The summed E-state index contributed by atoms with van der Waals surface area (Å²) in [4.78, 5) is 30.6. The minimum Gasteiger partial charge on any atom is -0.485 e. The maximum absolute atomic E-state index is 14.0. The number of halogens is 3. The highest BCUT2D eigenvalue weighted by Crippen LogP contribution is 2.40. The van der Waals surface area contributed by atoms with Gasteiger partial charge < -0.3 is 4.74 Å². The van der Waals surface area contributed by atoms with Crippen molar-refractivity contribution in [3.05, 3.63) is 92.6 Å². The minimum atomic E-state index is -3.10. The minimum absolute atomic E-state index is 0.0345. The van der Waals surface area contributed by atoms with Crippen molar-refractivity contribution in [1.29, 1.82) is 0 Å². The number of hydrogen-bond acceptors (Lipinski definition) is 8. The second-order valence-corrected chi connectivity index (χ2v) is 12.8. The molecule has 13 heteroatoms. The van der Waals surface area contributed by atoms with Crippen molar-refractivity contribution in [1.82, 2.24) is 24.5 Å². The molecule has 0 N–H and O–H groups in total. The van der Waals surface area contributed by atoms with Crippen LogP contribution in [0.4, 0.5) is 8.78 Å². The van der Waals surface area contributed by atoms with Gasteiger partial charge in [-0.2, -0.15) is 0 Å². The molecule has 0 amide bonds. The number of ether oxygens (including phenoxy) is 1. The van der Waals surface area contributed by atoms with Crippen LogP contribution in [0.15, 0.2) is 47.7 Å². The van der Waals surface area contributed by atoms with Crippen LogP contribution in [0.2, 0.25) is 5.02 Å². The average molecular weight is 602 g/mol. The standard InChI is InChI=1S/C28H26ClF2N5O4S/c1-4-41(38,39)19-8-17(9-19)27-32-6-5-21(35-27)22-11-24(15(2)12-33-22)36-16(3)7-25(26(29)28(36)37)40-14-23-20(31)10-18(30)13-34-23/h5-7,10-13,17,19H,4,8-9,14H2,1-3H3. The van der Waals surface area contributed by atoms with Crippen LogP contribution in [0.3, 0.4) is 0 Å². The Morgan fingerprint density at radius 1 is 1.07 bits per heavy atom. The van der Waals surface area contributed by atoms with Crippen molar-refractivity contribution >= 4 is 21.4 Å². The van der Waals surface area contributed by atoms with Crippen molar-refractivity contribution in [3.63, 3.8) is 0 Å². The lowest BCUT2D eigenvalue weighted by molar-refractivity contribution is 0.292. The Hall–Kier alpha value is -3.77. The zero-order valence-electron chi connectivity index (χ0n) is 22.4. The van der Waals surface area contributed by atoms with Gasteiger partial charge >= 0.3 is 0 Å². The molecule has 41 heavy (non-hydrogen) atoms. The first-order valence-electron chi connectivity index (χ1n) is 12.8. The van der Waals surface area contributed by atoms with Gasteiger partial charge in [-0.05, 0) is 44.4 Å². The molecule has 1 aliphatic carbocycles. The summed E-state index contributed by atoms with van der Waals surface area (Å²) in [5.74, 6) is -1.04. The van der Waals surface area contributed by atoms with Gasteiger partial charge in [0.15, 0.2) is 15.7 Å². The lowest BCUT2D eigenvalue weighted by atomic mass is 9.84. The summed E-state index contributed by atoms with van der Waals surface area (Å²) >= 11 is 6.38. The van der Waals surface area contributed by atoms with Crippen LogP contribution in [0, 0.1) is 25.5 Å². The fourth-order valence-corrected chi connectivity index (χ4v) is 6.41. The zero-order chi connectivity index (χ0) is 29.5. The Labute approximate surface area is 240 Å². The summed E-state index contributed by atoms with van der Waals surface area (Å²) in [6, 6.07) is 5.66. The third-order valence-electron chi connectivity index (χ3n) is 7.17. The molecule has 1 saturated carbocycles. The van der Waals surface area contributed by atoms with E-state index < -0.39 is 27.0 Å². The smallest absolute Gasteiger partial charge is 0.277 e. The third-order valence-corrected chi connectivity index (χ3v) is 9.72. The number of rotatable bonds is 8. The molecule has 214 valence electrons. The fourth-order valence-electron chi connectivity index (χ4n) is 4.69. The monoisotopic (exact) mass is 601 g/mol. The number of pyridine rings is 3. The van der Waals surface area contributed by atoms with Gasteiger partial charge in [-0.25, -0.2) is 27.2 Å². The molecule has 4 aromatic heterocycles. The highest BCUT2D eigenvalue weighted by molar-refractivity contribution is 7.92. The zero-order valence-corrected chi connectivity index (χ0v) is 24.0. The van der Waals surface area contributed by atoms with E-state index >= 15 is 0 Å². The Kier molecular flexibility index (Phi) is 7.89. The van der Waals surface area contributed by atoms with Crippen molar-refractivity contribution < 1.29 is 21.9 Å². The summed E-state index contributed by atoms with van der Waals surface area (Å²) in [7, 11) is -3.10. The first-order chi connectivity index (χ1) is 19.5. The number of aryl methyl sites for hydroxylation is 2. The van der Waals surface area contributed by atoms with E-state index in [9.17, 15) is 22.0 Å². The van der Waals surface area contributed by atoms with Crippen LogP contribution in [-0.4, -0.2) is 43.9 Å².